The van der Waals surface area contributed by atoms with Gasteiger partial charge in [-0.05, 0) is 173 Å². The van der Waals surface area contributed by atoms with Crippen molar-refractivity contribution in [3.8, 4) is 18.2 Å². The molecule has 0 aliphatic carbocycles. The van der Waals surface area contributed by atoms with E-state index < -0.39 is 24.3 Å². The lowest BCUT2D eigenvalue weighted by atomic mass is 9.75. The van der Waals surface area contributed by atoms with E-state index in [0.29, 0.717) is 146 Å². The van der Waals surface area contributed by atoms with Crippen LogP contribution in [-0.4, -0.2) is 206 Å². The molecule has 12 heterocycles. The first-order valence-corrected chi connectivity index (χ1v) is 38.7. The van der Waals surface area contributed by atoms with Crippen LogP contribution in [0.2, 0.25) is 30.1 Å². The van der Waals surface area contributed by atoms with Gasteiger partial charge in [0.15, 0.2) is 34.0 Å². The summed E-state index contributed by atoms with van der Waals surface area (Å²) in [4.78, 5) is 44.1. The molecule has 6 aliphatic heterocycles. The van der Waals surface area contributed by atoms with E-state index in [-0.39, 0.29) is 64.7 Å². The van der Waals surface area contributed by atoms with Crippen LogP contribution in [-0.2, 0) is 0 Å². The van der Waals surface area contributed by atoms with E-state index in [2.05, 4.69) is 52.7 Å². The molecule has 15 rings (SSSR count). The quantitative estimate of drug-likeness (QED) is 0.0568. The van der Waals surface area contributed by atoms with Crippen molar-refractivity contribution in [1.82, 2.24) is 73.9 Å². The summed E-state index contributed by atoms with van der Waals surface area (Å²) < 4.78 is 5.40. The monoisotopic (exact) mass is 1540 g/mol. The number of nitrogens with zero attached hydrogens (tertiary/aromatic N) is 21. The van der Waals surface area contributed by atoms with Gasteiger partial charge < -0.3 is 44.7 Å². The fraction of sp³-hybridized carbons (Fsp3) is 0.520. The minimum Gasteiger partial charge on any atom is -0.392 e. The summed E-state index contributed by atoms with van der Waals surface area (Å²) >= 11 is 40.6. The zero-order valence-electron chi connectivity index (χ0n) is 58.9. The topological polar surface area (TPSA) is 282 Å². The molecule has 0 radical (unpaired) electrons. The van der Waals surface area contributed by atoms with Crippen LogP contribution in [0.1, 0.15) is 118 Å². The number of hydrogen-bond donors (Lipinski definition) is 3. The summed E-state index contributed by atoms with van der Waals surface area (Å²) in [6, 6.07) is 21.8. The van der Waals surface area contributed by atoms with Crippen molar-refractivity contribution >= 4 is 121 Å². The maximum Gasteiger partial charge on any atom is 0.190 e. The highest BCUT2D eigenvalue weighted by molar-refractivity contribution is 6.36. The SMILES string of the molecule is C[C@H](O)CN1CCC[C@@H](C2CN(c3cnc4c(C#N)nn([C@H](CC5C[C@H](C6CN(c7cnc8c(C#N)nn([C@H](CC9C[C@@H](C%10CN(c%11cnc%12c(C#N)nn([C@H](C)c%13ccc(Cl)cc%13Cl)c%12n%11)C%10)CN(C[C@@H](C)O)C9)c9ccc(Cl)cc9Cl)c8n7)C6)CN(C[C@H](C)O)C5)c5ccc(Cl)cc5Cl)c4n3)C2)C1. The van der Waals surface area contributed by atoms with Crippen molar-refractivity contribution in [1.29, 1.82) is 15.8 Å². The Kier molecular flexibility index (Phi) is 21.4. The summed E-state index contributed by atoms with van der Waals surface area (Å²) in [5.41, 5.74) is 5.53. The van der Waals surface area contributed by atoms with E-state index >= 15 is 0 Å². The summed E-state index contributed by atoms with van der Waals surface area (Å²) in [7, 11) is 0. The molecule has 3 aromatic carbocycles. The smallest absolute Gasteiger partial charge is 0.190 e. The summed E-state index contributed by atoms with van der Waals surface area (Å²) in [6.07, 6.45) is 8.89. The Morgan fingerprint density at radius 2 is 0.790 bits per heavy atom. The second-order valence-corrected chi connectivity index (χ2v) is 33.0. The molecule has 6 saturated heterocycles. The van der Waals surface area contributed by atoms with Crippen molar-refractivity contribution in [2.45, 2.75) is 103 Å². The van der Waals surface area contributed by atoms with Crippen LogP contribution in [0.25, 0.3) is 33.5 Å². The van der Waals surface area contributed by atoms with Gasteiger partial charge in [-0.15, -0.1) is 0 Å². The molecule has 0 bridgehead atoms. The van der Waals surface area contributed by atoms with Gasteiger partial charge >= 0.3 is 0 Å². The van der Waals surface area contributed by atoms with Gasteiger partial charge in [0.1, 0.15) is 52.2 Å². The number of likely N-dealkylation sites (tertiary alicyclic amines) is 3. The van der Waals surface area contributed by atoms with Gasteiger partial charge in [-0.25, -0.2) is 43.9 Å². The largest absolute Gasteiger partial charge is 0.392 e. The molecule has 6 aromatic heterocycles. The van der Waals surface area contributed by atoms with Gasteiger partial charge in [0.05, 0.1) is 55.0 Å². The Balaban J connectivity index is 0.670. The zero-order valence-corrected chi connectivity index (χ0v) is 63.4. The molecule has 3 N–H and O–H groups in total. The fourth-order valence-electron chi connectivity index (χ4n) is 17.7. The predicted octanol–water partition coefficient (Wildman–Crippen LogP) is 11.6. The summed E-state index contributed by atoms with van der Waals surface area (Å²) in [5, 5.41) is 81.1. The highest BCUT2D eigenvalue weighted by atomic mass is 35.5. The highest BCUT2D eigenvalue weighted by Crippen LogP contribution is 2.46. The minimum absolute atomic E-state index is 0.0774. The van der Waals surface area contributed by atoms with Crippen LogP contribution < -0.4 is 14.7 Å². The second-order valence-electron chi connectivity index (χ2n) is 30.5. The van der Waals surface area contributed by atoms with E-state index in [1.807, 2.05) is 67.4 Å². The number of halogens is 6. The maximum atomic E-state index is 11.0. The van der Waals surface area contributed by atoms with Crippen LogP contribution >= 0.6 is 69.6 Å². The van der Waals surface area contributed by atoms with Gasteiger partial charge in [0.2, 0.25) is 0 Å². The first-order chi connectivity index (χ1) is 50.6. The zero-order chi connectivity index (χ0) is 73.2. The molecule has 2 unspecified atom stereocenters. The lowest BCUT2D eigenvalue weighted by Crippen LogP contribution is -2.55. The van der Waals surface area contributed by atoms with E-state index in [9.17, 15) is 31.1 Å². The third-order valence-electron chi connectivity index (χ3n) is 22.7. The van der Waals surface area contributed by atoms with Gasteiger partial charge in [-0.1, -0.05) is 87.8 Å². The molecule has 548 valence electrons. The number of piperidine rings is 3. The van der Waals surface area contributed by atoms with Crippen molar-refractivity contribution < 1.29 is 15.3 Å². The molecule has 24 nitrogen and oxygen atoms in total. The molecule has 6 aliphatic rings. The Morgan fingerprint density at radius 1 is 0.438 bits per heavy atom. The molecule has 0 saturated carbocycles. The van der Waals surface area contributed by atoms with Crippen molar-refractivity contribution in [3.63, 3.8) is 0 Å². The first-order valence-electron chi connectivity index (χ1n) is 36.4. The third-order valence-corrected chi connectivity index (χ3v) is 24.4. The Hall–Kier alpha value is -7.32. The van der Waals surface area contributed by atoms with Gasteiger partial charge in [-0.3, -0.25) is 0 Å². The molecule has 30 heteroatoms. The number of hydrogen-bond acceptors (Lipinski definition) is 21. The lowest BCUT2D eigenvalue weighted by molar-refractivity contribution is 0.0408. The highest BCUT2D eigenvalue weighted by Gasteiger charge is 2.44. The molecule has 6 fully saturated rings. The van der Waals surface area contributed by atoms with Crippen LogP contribution in [0.4, 0.5) is 17.5 Å². The Labute approximate surface area is 639 Å². The van der Waals surface area contributed by atoms with E-state index in [0.717, 1.165) is 101 Å². The molecule has 9 aromatic rings. The molecular formula is C75H83Cl6N21O3. The summed E-state index contributed by atoms with van der Waals surface area (Å²) in [6.45, 7) is 18.6. The normalized spacial score (nSPS) is 22.8. The fourth-order valence-corrected chi connectivity index (χ4v) is 19.4. The minimum atomic E-state index is -0.567. The number of benzene rings is 3. The number of aliphatic hydroxyl groups excluding tert-OH is 3. The Bertz CT molecular complexity index is 4840. The number of β-amino-alcohol motifs (C(OH)–C–C–N with tert-alkyl or cyclic N) is 3. The number of anilines is 3. The van der Waals surface area contributed by atoms with Crippen molar-refractivity contribution in [3.05, 3.63) is 137 Å². The lowest BCUT2D eigenvalue weighted by Gasteiger charge is -2.49. The first kappa shape index (κ1) is 73.2. The third kappa shape index (κ3) is 15.2. The second kappa shape index (κ2) is 30.7. The average Bonchev–Trinajstić information content (AvgIpc) is 0.995. The van der Waals surface area contributed by atoms with Gasteiger partial charge in [0.25, 0.3) is 0 Å². The van der Waals surface area contributed by atoms with E-state index in [1.54, 1.807) is 47.5 Å². The molecule has 0 spiro atoms. The van der Waals surface area contributed by atoms with Crippen LogP contribution in [0.15, 0.2) is 73.2 Å². The van der Waals surface area contributed by atoms with Crippen LogP contribution in [0.5, 0.6) is 0 Å². The maximum absolute atomic E-state index is 11.0. The Morgan fingerprint density at radius 3 is 1.17 bits per heavy atom. The number of aromatic nitrogens is 12. The summed E-state index contributed by atoms with van der Waals surface area (Å²) in [5.74, 6) is 4.25. The molecule has 0 amide bonds. The van der Waals surface area contributed by atoms with Crippen molar-refractivity contribution in [2.75, 3.05) is 113 Å². The van der Waals surface area contributed by atoms with E-state index in [1.165, 1.54) is 0 Å². The standard InChI is InChI=1S/C75H83Cl6N21O3/c1-41(103)27-94-13-5-6-47(32-94)50-35-97(36-50)68-25-86-71-63(22-83)92-101(74(71)89-68)65(57-11-8-54(77)19-60(57)80)16-46-15-49(34-96(31-46)29-43(3)105)52-39-99(40-52)69-26-87-72-64(23-84)93-102(75(72)90-69)66(58-12-9-55(78)20-61(58)81)17-45-14-48(33-95(30-45)28-42(2)104)51-37-98(38-51)67-24-85-70-62(21-82)91-100(73(70)88-67)44(4)56-10-7-53(76)18-59(56)79/h7-12,18-20,24-26,41-52,65-66,103-105H,5-6,13-17,27-40H2,1-4H3/t41-,42+,43-,44+,45?,46?,47+,48+,49-,65+,66+/m0/s1. The number of aliphatic hydroxyl groups is 3. The van der Waals surface area contributed by atoms with Crippen molar-refractivity contribution in [2.24, 2.45) is 47.3 Å². The number of nitriles is 3. The number of rotatable bonds is 22. The van der Waals surface area contributed by atoms with Gasteiger partial charge in [0, 0.05) is 122 Å². The number of fused-ring (bicyclic) bond motifs is 3. The average molecular weight is 1540 g/mol. The van der Waals surface area contributed by atoms with E-state index in [4.69, 9.17) is 110 Å². The predicted molar refractivity (Wildman–Crippen MR) is 406 cm³/mol. The van der Waals surface area contributed by atoms with Crippen LogP contribution in [0.3, 0.4) is 0 Å². The molecule has 11 atom stereocenters. The molecular weight excluding hydrogens is 1460 g/mol. The van der Waals surface area contributed by atoms with Gasteiger partial charge in [-0.2, -0.15) is 31.1 Å². The molecule has 105 heavy (non-hydrogen) atoms. The van der Waals surface area contributed by atoms with Crippen LogP contribution in [0, 0.1) is 81.3 Å².